The Bertz CT molecular complexity index is 163. The van der Waals surface area contributed by atoms with Crippen LogP contribution in [0, 0.1) is 0 Å². The van der Waals surface area contributed by atoms with Gasteiger partial charge in [-0.1, -0.05) is 0 Å². The van der Waals surface area contributed by atoms with Crippen LogP contribution in [0.2, 0.25) is 0 Å². The molecule has 0 aliphatic rings. The van der Waals surface area contributed by atoms with Crippen molar-refractivity contribution in [2.24, 2.45) is 0 Å². The fourth-order valence-corrected chi connectivity index (χ4v) is 0.949. The first-order valence-electron chi connectivity index (χ1n) is 3.50. The average molecular weight is 242 g/mol. The third-order valence-electron chi connectivity index (χ3n) is 1.88. The summed E-state index contributed by atoms with van der Waals surface area (Å²) in [6, 6.07) is 0. The number of hydrogen-bond donors (Lipinski definition) is 0. The second-order valence-electron chi connectivity index (χ2n) is 2.88. The standard InChI is InChI=1S/C9H15.2ClH.Ti/c1-6-8(4)9(5)7(2)3;;;/h1-5H3;2*1H;/q;;;+2/p-2. The molecule has 0 unspecified atom stereocenters. The van der Waals surface area contributed by atoms with Crippen molar-refractivity contribution in [2.75, 3.05) is 0 Å². The van der Waals surface area contributed by atoms with E-state index in [0.717, 1.165) is 0 Å². The van der Waals surface area contributed by atoms with Gasteiger partial charge in [-0.05, 0) is 0 Å². The van der Waals surface area contributed by atoms with Crippen LogP contribution in [-0.4, -0.2) is 0 Å². The Labute approximate surface area is 100 Å². The molecule has 0 fully saturated rings. The zero-order chi connectivity index (χ0) is 8.31. The Balaban J connectivity index is -0.000000405. The second kappa shape index (κ2) is 8.38. The topological polar surface area (TPSA) is 0 Å². The zero-order valence-electron chi connectivity index (χ0n) is 8.26. The van der Waals surface area contributed by atoms with Crippen LogP contribution in [-0.2, 0) is 20.4 Å². The van der Waals surface area contributed by atoms with Gasteiger partial charge in [0.2, 0.25) is 0 Å². The van der Waals surface area contributed by atoms with E-state index in [9.17, 15) is 0 Å². The summed E-state index contributed by atoms with van der Waals surface area (Å²) in [5, 5.41) is 0. The van der Waals surface area contributed by atoms with Crippen LogP contribution >= 0.6 is 0 Å². The van der Waals surface area contributed by atoms with Crippen LogP contribution in [0.4, 0.5) is 0 Å². The summed E-state index contributed by atoms with van der Waals surface area (Å²) in [6.07, 6.45) is 0. The van der Waals surface area contributed by atoms with E-state index >= 15 is 0 Å². The van der Waals surface area contributed by atoms with Gasteiger partial charge in [-0.25, -0.2) is 0 Å². The normalized spacial score (nSPS) is 10.6. The van der Waals surface area contributed by atoms with Gasteiger partial charge in [-0.3, -0.25) is 0 Å². The maximum atomic E-state index is 2.18. The average Bonchev–Trinajstić information content (AvgIpc) is 1.84. The predicted octanol–water partition coefficient (Wildman–Crippen LogP) is -2.81. The minimum absolute atomic E-state index is 0. The quantitative estimate of drug-likeness (QED) is 0.344. The van der Waals surface area contributed by atoms with E-state index in [4.69, 9.17) is 0 Å². The van der Waals surface area contributed by atoms with Crippen LogP contribution < -0.4 is 24.8 Å². The molecule has 0 aromatic heterocycles. The van der Waals surface area contributed by atoms with E-state index in [1.165, 1.54) is 20.6 Å². The third kappa shape index (κ3) is 6.31. The molecular formula is C9H15Cl2Ti. The Morgan fingerprint density at radius 1 is 0.750 bits per heavy atom. The number of hydrogen-bond acceptors (Lipinski definition) is 0. The molecule has 0 atom stereocenters. The molecule has 0 N–H and O–H groups in total. The molecule has 12 heavy (non-hydrogen) atoms. The molecule has 0 rings (SSSR count). The van der Waals surface area contributed by atoms with Gasteiger partial charge in [0.05, 0.1) is 0 Å². The Morgan fingerprint density at radius 2 is 1.08 bits per heavy atom. The molecule has 0 aromatic carbocycles. The van der Waals surface area contributed by atoms with Gasteiger partial charge in [0.25, 0.3) is 0 Å². The largest absolute Gasteiger partial charge is 1.00 e. The summed E-state index contributed by atoms with van der Waals surface area (Å²) in [5.74, 6) is 0. The molecular weight excluding hydrogens is 227 g/mol. The maximum absolute atomic E-state index is 2.18. The number of rotatable bonds is 1. The van der Waals surface area contributed by atoms with Crippen molar-refractivity contribution in [2.45, 2.75) is 34.6 Å². The summed E-state index contributed by atoms with van der Waals surface area (Å²) in [7, 11) is 0. The minimum atomic E-state index is 0. The summed E-state index contributed by atoms with van der Waals surface area (Å²) < 4.78 is 1.42. The zero-order valence-corrected chi connectivity index (χ0v) is 11.3. The fraction of sp³-hybridized carbons (Fsp3) is 0.556. The van der Waals surface area contributed by atoms with Gasteiger partial charge in [0.15, 0.2) is 0 Å². The van der Waals surface area contributed by atoms with Crippen LogP contribution in [0.15, 0.2) is 20.6 Å². The first-order chi connectivity index (χ1) is 4.46. The summed E-state index contributed by atoms with van der Waals surface area (Å²) >= 11 is 2.15. The molecule has 0 radical (unpaired) electrons. The van der Waals surface area contributed by atoms with Gasteiger partial charge >= 0.3 is 75.7 Å². The first kappa shape index (κ1) is 18.5. The fourth-order valence-electron chi connectivity index (χ4n) is 0.656. The van der Waals surface area contributed by atoms with Crippen LogP contribution in [0.1, 0.15) is 34.6 Å². The Hall–Kier alpha value is 0.774. The summed E-state index contributed by atoms with van der Waals surface area (Å²) in [6.45, 7) is 10.8. The molecule has 0 heterocycles. The first-order valence-corrected chi connectivity index (χ1v) is 4.28. The van der Waals surface area contributed by atoms with Gasteiger partial charge in [0.1, 0.15) is 0 Å². The van der Waals surface area contributed by atoms with Crippen molar-refractivity contribution in [1.82, 2.24) is 0 Å². The van der Waals surface area contributed by atoms with E-state index in [2.05, 4.69) is 55.1 Å². The van der Waals surface area contributed by atoms with E-state index in [1.54, 1.807) is 0 Å². The molecule has 0 nitrogen and oxygen atoms in total. The van der Waals surface area contributed by atoms with Crippen molar-refractivity contribution in [3.63, 3.8) is 0 Å². The molecule has 0 aliphatic heterocycles. The monoisotopic (exact) mass is 241 g/mol. The van der Waals surface area contributed by atoms with E-state index < -0.39 is 0 Å². The van der Waals surface area contributed by atoms with Crippen molar-refractivity contribution in [3.05, 3.63) is 20.6 Å². The molecule has 0 saturated carbocycles. The molecule has 0 spiro atoms. The van der Waals surface area contributed by atoms with Crippen molar-refractivity contribution < 1.29 is 45.2 Å². The summed E-state index contributed by atoms with van der Waals surface area (Å²) in [4.78, 5) is 0. The minimum Gasteiger partial charge on any atom is -1.00 e. The van der Waals surface area contributed by atoms with E-state index in [0.29, 0.717) is 0 Å². The summed E-state index contributed by atoms with van der Waals surface area (Å²) in [5.41, 5.74) is 4.28. The molecule has 0 aromatic rings. The molecule has 0 aliphatic carbocycles. The van der Waals surface area contributed by atoms with Gasteiger partial charge in [0, 0.05) is 0 Å². The van der Waals surface area contributed by atoms with Crippen LogP contribution in [0.5, 0.6) is 0 Å². The van der Waals surface area contributed by atoms with Crippen molar-refractivity contribution >= 4 is 0 Å². The predicted molar refractivity (Wildman–Crippen MR) is 42.4 cm³/mol. The van der Waals surface area contributed by atoms with Crippen molar-refractivity contribution in [1.29, 1.82) is 0 Å². The SMILES string of the molecule is CC(C)=C(C)/C(C)=[C](\C)[Ti+2].[Cl-].[Cl-]. The smallest absolute Gasteiger partial charge is 1.00 e. The molecule has 0 saturated heterocycles. The van der Waals surface area contributed by atoms with Gasteiger partial charge < -0.3 is 24.8 Å². The van der Waals surface area contributed by atoms with E-state index in [1.807, 2.05) is 0 Å². The van der Waals surface area contributed by atoms with E-state index in [-0.39, 0.29) is 24.8 Å². The maximum Gasteiger partial charge on any atom is -1.00 e. The molecule has 3 heteroatoms. The second-order valence-corrected chi connectivity index (χ2v) is 4.05. The molecule has 0 amide bonds. The van der Waals surface area contributed by atoms with Crippen LogP contribution in [0.3, 0.4) is 0 Å². The van der Waals surface area contributed by atoms with Crippen LogP contribution in [0.25, 0.3) is 0 Å². The third-order valence-corrected chi connectivity index (χ3v) is 2.46. The number of allylic oxidation sites excluding steroid dienone is 4. The molecule has 69 valence electrons. The molecule has 0 bridgehead atoms. The Kier molecular flexibility index (Phi) is 12.9. The van der Waals surface area contributed by atoms with Gasteiger partial charge in [-0.2, -0.15) is 0 Å². The van der Waals surface area contributed by atoms with Gasteiger partial charge in [-0.15, -0.1) is 0 Å². The van der Waals surface area contributed by atoms with Crippen molar-refractivity contribution in [3.8, 4) is 0 Å². The Morgan fingerprint density at radius 3 is 1.17 bits per heavy atom. The number of halogens is 2.